The van der Waals surface area contributed by atoms with Crippen molar-refractivity contribution in [1.29, 1.82) is 0 Å². The maximum absolute atomic E-state index is 10.9. The van der Waals surface area contributed by atoms with Gasteiger partial charge in [0.05, 0.1) is 12.7 Å². The topological polar surface area (TPSA) is 54.4 Å². The van der Waals surface area contributed by atoms with E-state index in [9.17, 15) is 5.11 Å². The summed E-state index contributed by atoms with van der Waals surface area (Å²) >= 11 is 0. The van der Waals surface area contributed by atoms with Crippen LogP contribution in [0.1, 0.15) is 36.8 Å². The molecule has 1 aromatic rings. The standard InChI is InChI=1S/C14H20N2O2/c1-9-5-10(8-15-13(9)18-2)14(17)6-11-3-4-12(7-14)16-11/h5,8,11-12,16-17H,3-4,6-7H2,1-2H3. The Bertz CT molecular complexity index is 449. The lowest BCUT2D eigenvalue weighted by Crippen LogP contribution is -2.46. The van der Waals surface area contributed by atoms with Crippen LogP contribution >= 0.6 is 0 Å². The fourth-order valence-corrected chi connectivity index (χ4v) is 3.39. The summed E-state index contributed by atoms with van der Waals surface area (Å²) in [5.41, 5.74) is 1.19. The summed E-state index contributed by atoms with van der Waals surface area (Å²) in [6, 6.07) is 2.92. The number of aliphatic hydroxyl groups is 1. The molecular formula is C14H20N2O2. The van der Waals surface area contributed by atoms with Crippen molar-refractivity contribution in [2.75, 3.05) is 7.11 Å². The number of pyridine rings is 1. The Labute approximate surface area is 107 Å². The highest BCUT2D eigenvalue weighted by Gasteiger charge is 2.43. The van der Waals surface area contributed by atoms with Crippen molar-refractivity contribution in [1.82, 2.24) is 10.3 Å². The third kappa shape index (κ3) is 1.89. The Hall–Kier alpha value is -1.13. The van der Waals surface area contributed by atoms with Gasteiger partial charge in [0, 0.05) is 29.4 Å². The normalized spacial score (nSPS) is 34.6. The Morgan fingerprint density at radius 1 is 1.39 bits per heavy atom. The van der Waals surface area contributed by atoms with E-state index in [1.165, 1.54) is 12.8 Å². The number of hydrogen-bond acceptors (Lipinski definition) is 4. The number of methoxy groups -OCH3 is 1. The summed E-state index contributed by atoms with van der Waals surface area (Å²) < 4.78 is 5.17. The molecule has 0 saturated carbocycles. The lowest BCUT2D eigenvalue weighted by Gasteiger charge is -2.37. The SMILES string of the molecule is COc1ncc(C2(O)CC3CCC(C2)N3)cc1C. The highest BCUT2D eigenvalue weighted by Crippen LogP contribution is 2.41. The average molecular weight is 248 g/mol. The first-order valence-corrected chi connectivity index (χ1v) is 6.60. The molecular weight excluding hydrogens is 228 g/mol. The summed E-state index contributed by atoms with van der Waals surface area (Å²) in [7, 11) is 1.62. The van der Waals surface area contributed by atoms with Gasteiger partial charge in [0.15, 0.2) is 0 Å². The number of aromatic nitrogens is 1. The Morgan fingerprint density at radius 3 is 2.61 bits per heavy atom. The molecule has 0 spiro atoms. The zero-order valence-corrected chi connectivity index (χ0v) is 10.9. The first kappa shape index (κ1) is 11.9. The number of nitrogens with zero attached hydrogens (tertiary/aromatic N) is 1. The Kier molecular flexibility index (Phi) is 2.79. The number of rotatable bonds is 2. The zero-order chi connectivity index (χ0) is 12.8. The molecule has 2 unspecified atom stereocenters. The fourth-order valence-electron chi connectivity index (χ4n) is 3.39. The molecule has 4 heteroatoms. The van der Waals surface area contributed by atoms with E-state index in [1.807, 2.05) is 13.0 Å². The molecule has 0 aromatic carbocycles. The van der Waals surface area contributed by atoms with Crippen LogP contribution in [-0.2, 0) is 5.60 Å². The number of piperidine rings is 1. The van der Waals surface area contributed by atoms with Gasteiger partial charge in [-0.15, -0.1) is 0 Å². The molecule has 4 nitrogen and oxygen atoms in total. The van der Waals surface area contributed by atoms with Crippen molar-refractivity contribution in [3.63, 3.8) is 0 Å². The van der Waals surface area contributed by atoms with Crippen molar-refractivity contribution >= 4 is 0 Å². The van der Waals surface area contributed by atoms with E-state index < -0.39 is 5.60 Å². The summed E-state index contributed by atoms with van der Waals surface area (Å²) in [6.07, 6.45) is 5.69. The largest absolute Gasteiger partial charge is 0.481 e. The second-order valence-electron chi connectivity index (χ2n) is 5.63. The minimum atomic E-state index is -0.721. The molecule has 2 saturated heterocycles. The molecule has 0 radical (unpaired) electrons. The number of aryl methyl sites for hydroxylation is 1. The Balaban J connectivity index is 1.91. The van der Waals surface area contributed by atoms with Gasteiger partial charge < -0.3 is 15.2 Å². The maximum atomic E-state index is 10.9. The van der Waals surface area contributed by atoms with Gasteiger partial charge in [-0.2, -0.15) is 0 Å². The first-order chi connectivity index (χ1) is 8.60. The van der Waals surface area contributed by atoms with E-state index in [4.69, 9.17) is 4.74 Å². The van der Waals surface area contributed by atoms with Crippen LogP contribution < -0.4 is 10.1 Å². The summed E-state index contributed by atoms with van der Waals surface area (Å²) in [4.78, 5) is 4.28. The van der Waals surface area contributed by atoms with Crippen LogP contribution in [0.3, 0.4) is 0 Å². The highest BCUT2D eigenvalue weighted by atomic mass is 16.5. The van der Waals surface area contributed by atoms with Gasteiger partial charge in [0.25, 0.3) is 0 Å². The van der Waals surface area contributed by atoms with Gasteiger partial charge in [0.1, 0.15) is 0 Å². The molecule has 2 atom stereocenters. The smallest absolute Gasteiger partial charge is 0.215 e. The van der Waals surface area contributed by atoms with Crippen LogP contribution in [0, 0.1) is 6.92 Å². The van der Waals surface area contributed by atoms with E-state index in [0.717, 1.165) is 24.0 Å². The molecule has 2 aliphatic heterocycles. The van der Waals surface area contributed by atoms with Crippen LogP contribution in [-0.4, -0.2) is 29.3 Å². The molecule has 1 aromatic heterocycles. The molecule has 18 heavy (non-hydrogen) atoms. The lowest BCUT2D eigenvalue weighted by atomic mass is 9.82. The molecule has 2 fully saturated rings. The van der Waals surface area contributed by atoms with Gasteiger partial charge in [-0.1, -0.05) is 0 Å². The van der Waals surface area contributed by atoms with Crippen LogP contribution in [0.25, 0.3) is 0 Å². The van der Waals surface area contributed by atoms with E-state index in [-0.39, 0.29) is 0 Å². The van der Waals surface area contributed by atoms with Crippen LogP contribution in [0.15, 0.2) is 12.3 Å². The number of nitrogens with one attached hydrogen (secondary N) is 1. The van der Waals surface area contributed by atoms with E-state index in [2.05, 4.69) is 10.3 Å². The number of fused-ring (bicyclic) bond motifs is 2. The van der Waals surface area contributed by atoms with Crippen LogP contribution in [0.4, 0.5) is 0 Å². The van der Waals surface area contributed by atoms with E-state index in [0.29, 0.717) is 18.0 Å². The lowest BCUT2D eigenvalue weighted by molar-refractivity contribution is -0.0118. The van der Waals surface area contributed by atoms with E-state index >= 15 is 0 Å². The monoisotopic (exact) mass is 248 g/mol. The van der Waals surface area contributed by atoms with Crippen LogP contribution in [0.2, 0.25) is 0 Å². The average Bonchev–Trinajstić information content (AvgIpc) is 2.69. The minimum Gasteiger partial charge on any atom is -0.481 e. The van der Waals surface area contributed by atoms with Gasteiger partial charge in [-0.25, -0.2) is 4.98 Å². The van der Waals surface area contributed by atoms with Gasteiger partial charge >= 0.3 is 0 Å². The summed E-state index contributed by atoms with van der Waals surface area (Å²) in [6.45, 7) is 1.97. The molecule has 2 bridgehead atoms. The van der Waals surface area contributed by atoms with Gasteiger partial charge in [-0.05, 0) is 38.7 Å². The zero-order valence-electron chi connectivity index (χ0n) is 10.9. The molecule has 3 rings (SSSR count). The molecule has 0 amide bonds. The third-order valence-electron chi connectivity index (χ3n) is 4.26. The second-order valence-corrected chi connectivity index (χ2v) is 5.63. The molecule has 98 valence electrons. The van der Waals surface area contributed by atoms with Crippen molar-refractivity contribution in [3.05, 3.63) is 23.4 Å². The number of ether oxygens (including phenoxy) is 1. The molecule has 2 N–H and O–H groups in total. The van der Waals surface area contributed by atoms with Gasteiger partial charge in [0.2, 0.25) is 5.88 Å². The highest BCUT2D eigenvalue weighted by molar-refractivity contribution is 5.32. The van der Waals surface area contributed by atoms with Crippen molar-refractivity contribution in [2.24, 2.45) is 0 Å². The molecule has 2 aliphatic rings. The Morgan fingerprint density at radius 2 is 2.06 bits per heavy atom. The quantitative estimate of drug-likeness (QED) is 0.833. The predicted octanol–water partition coefficient (Wildman–Crippen LogP) is 1.50. The third-order valence-corrected chi connectivity index (χ3v) is 4.26. The van der Waals surface area contributed by atoms with Crippen molar-refractivity contribution in [2.45, 2.75) is 50.3 Å². The second kappa shape index (κ2) is 4.21. The first-order valence-electron chi connectivity index (χ1n) is 6.60. The minimum absolute atomic E-state index is 0.455. The van der Waals surface area contributed by atoms with Crippen LogP contribution in [0.5, 0.6) is 5.88 Å². The molecule has 0 aliphatic carbocycles. The van der Waals surface area contributed by atoms with Gasteiger partial charge in [-0.3, -0.25) is 0 Å². The fraction of sp³-hybridized carbons (Fsp3) is 0.643. The number of hydrogen-bond donors (Lipinski definition) is 2. The van der Waals surface area contributed by atoms with Crippen molar-refractivity contribution < 1.29 is 9.84 Å². The van der Waals surface area contributed by atoms with Crippen molar-refractivity contribution in [3.8, 4) is 5.88 Å². The molecule has 3 heterocycles. The summed E-state index contributed by atoms with van der Waals surface area (Å²) in [5.74, 6) is 0.638. The summed E-state index contributed by atoms with van der Waals surface area (Å²) in [5, 5.41) is 14.4. The maximum Gasteiger partial charge on any atom is 0.215 e. The van der Waals surface area contributed by atoms with E-state index in [1.54, 1.807) is 13.3 Å². The predicted molar refractivity (Wildman–Crippen MR) is 68.6 cm³/mol.